The Kier molecular flexibility index (Phi) is 4.45. The molecule has 2 N–H and O–H groups in total. The molecule has 0 aliphatic heterocycles. The zero-order valence-electron chi connectivity index (χ0n) is 12.3. The zero-order valence-corrected chi connectivity index (χ0v) is 12.3. The van der Waals surface area contributed by atoms with Gasteiger partial charge in [0.15, 0.2) is 5.96 Å². The lowest BCUT2D eigenvalue weighted by Crippen LogP contribution is -2.37. The van der Waals surface area contributed by atoms with Crippen LogP contribution in [-0.2, 0) is 26.4 Å². The maximum absolute atomic E-state index is 6.03. The SMILES string of the molecule is CCN(CC)C(N)=NCc1c2c(nn1C)CCCC2. The van der Waals surface area contributed by atoms with Crippen molar-refractivity contribution in [3.8, 4) is 0 Å². The van der Waals surface area contributed by atoms with E-state index in [1.165, 1.54) is 29.8 Å². The number of fused-ring (bicyclic) bond motifs is 1. The van der Waals surface area contributed by atoms with Crippen molar-refractivity contribution in [1.29, 1.82) is 0 Å². The topological polar surface area (TPSA) is 59.4 Å². The normalized spacial score (nSPS) is 15.4. The summed E-state index contributed by atoms with van der Waals surface area (Å²) in [5.41, 5.74) is 9.93. The van der Waals surface area contributed by atoms with E-state index in [-0.39, 0.29) is 0 Å². The fourth-order valence-corrected chi connectivity index (χ4v) is 2.75. The molecule has 0 spiro atoms. The van der Waals surface area contributed by atoms with Crippen molar-refractivity contribution in [2.24, 2.45) is 17.8 Å². The molecule has 1 aliphatic rings. The first-order valence-electron chi connectivity index (χ1n) is 7.25. The number of aromatic nitrogens is 2. The van der Waals surface area contributed by atoms with E-state index in [9.17, 15) is 0 Å². The number of rotatable bonds is 4. The molecule has 2 rings (SSSR count). The minimum atomic E-state index is 0.635. The van der Waals surface area contributed by atoms with Gasteiger partial charge in [0, 0.05) is 20.1 Å². The predicted octanol–water partition coefficient (Wildman–Crippen LogP) is 1.46. The summed E-state index contributed by atoms with van der Waals surface area (Å²) in [5, 5.41) is 4.61. The first-order chi connectivity index (χ1) is 9.17. The Morgan fingerprint density at radius 3 is 2.68 bits per heavy atom. The standard InChI is InChI=1S/C14H25N5/c1-4-19(5-2)14(15)16-10-13-11-8-6-7-9-12(11)17-18(13)3/h4-10H2,1-3H3,(H2,15,16). The minimum Gasteiger partial charge on any atom is -0.370 e. The molecule has 0 bridgehead atoms. The van der Waals surface area contributed by atoms with Gasteiger partial charge in [-0.2, -0.15) is 5.10 Å². The van der Waals surface area contributed by atoms with Crippen LogP contribution in [-0.4, -0.2) is 33.7 Å². The molecule has 0 amide bonds. The molecule has 1 aromatic heterocycles. The highest BCUT2D eigenvalue weighted by Crippen LogP contribution is 2.24. The lowest BCUT2D eigenvalue weighted by atomic mass is 9.96. The molecule has 0 saturated carbocycles. The van der Waals surface area contributed by atoms with Gasteiger partial charge in [-0.05, 0) is 45.1 Å². The van der Waals surface area contributed by atoms with Crippen molar-refractivity contribution < 1.29 is 0 Å². The van der Waals surface area contributed by atoms with Gasteiger partial charge in [0.1, 0.15) is 0 Å². The summed E-state index contributed by atoms with van der Waals surface area (Å²) >= 11 is 0. The predicted molar refractivity (Wildman–Crippen MR) is 78.1 cm³/mol. The lowest BCUT2D eigenvalue weighted by molar-refractivity contribution is 0.457. The zero-order chi connectivity index (χ0) is 13.8. The van der Waals surface area contributed by atoms with Crippen LogP contribution in [0.15, 0.2) is 4.99 Å². The third-order valence-electron chi connectivity index (χ3n) is 3.93. The minimum absolute atomic E-state index is 0.635. The van der Waals surface area contributed by atoms with Gasteiger partial charge in [0.25, 0.3) is 0 Å². The third-order valence-corrected chi connectivity index (χ3v) is 3.93. The number of hydrogen-bond acceptors (Lipinski definition) is 2. The van der Waals surface area contributed by atoms with E-state index >= 15 is 0 Å². The van der Waals surface area contributed by atoms with Crippen molar-refractivity contribution in [2.45, 2.75) is 46.1 Å². The van der Waals surface area contributed by atoms with E-state index in [1.807, 2.05) is 11.7 Å². The maximum atomic E-state index is 6.03. The Hall–Kier alpha value is -1.52. The lowest BCUT2D eigenvalue weighted by Gasteiger charge is -2.19. The first kappa shape index (κ1) is 13.9. The van der Waals surface area contributed by atoms with Crippen LogP contribution in [0.3, 0.4) is 0 Å². The number of guanidine groups is 1. The van der Waals surface area contributed by atoms with Crippen LogP contribution in [0.5, 0.6) is 0 Å². The second-order valence-corrected chi connectivity index (χ2v) is 5.05. The maximum Gasteiger partial charge on any atom is 0.191 e. The van der Waals surface area contributed by atoms with Crippen LogP contribution in [0.1, 0.15) is 43.6 Å². The highest BCUT2D eigenvalue weighted by molar-refractivity contribution is 5.78. The van der Waals surface area contributed by atoms with Crippen LogP contribution in [0.25, 0.3) is 0 Å². The van der Waals surface area contributed by atoms with E-state index in [0.717, 1.165) is 25.9 Å². The van der Waals surface area contributed by atoms with E-state index < -0.39 is 0 Å². The van der Waals surface area contributed by atoms with Crippen molar-refractivity contribution >= 4 is 5.96 Å². The largest absolute Gasteiger partial charge is 0.370 e. The Labute approximate surface area is 115 Å². The second kappa shape index (κ2) is 6.08. The van der Waals surface area contributed by atoms with Crippen LogP contribution >= 0.6 is 0 Å². The summed E-state index contributed by atoms with van der Waals surface area (Å²) < 4.78 is 1.98. The Balaban J connectivity index is 2.15. The van der Waals surface area contributed by atoms with Gasteiger partial charge >= 0.3 is 0 Å². The summed E-state index contributed by atoms with van der Waals surface area (Å²) in [6.07, 6.45) is 4.77. The van der Waals surface area contributed by atoms with Crippen molar-refractivity contribution in [2.75, 3.05) is 13.1 Å². The van der Waals surface area contributed by atoms with Gasteiger partial charge in [0.2, 0.25) is 0 Å². The van der Waals surface area contributed by atoms with Crippen LogP contribution in [0.4, 0.5) is 0 Å². The van der Waals surface area contributed by atoms with E-state index in [2.05, 4.69) is 28.8 Å². The van der Waals surface area contributed by atoms with Crippen LogP contribution < -0.4 is 5.73 Å². The average molecular weight is 263 g/mol. The van der Waals surface area contributed by atoms with E-state index in [0.29, 0.717) is 12.5 Å². The molecule has 0 atom stereocenters. The Bertz CT molecular complexity index is 457. The number of nitrogens with zero attached hydrogens (tertiary/aromatic N) is 4. The molecular formula is C14H25N5. The summed E-state index contributed by atoms with van der Waals surface area (Å²) in [6.45, 7) is 6.63. The fourth-order valence-electron chi connectivity index (χ4n) is 2.75. The number of aliphatic imine (C=N–C) groups is 1. The van der Waals surface area contributed by atoms with Crippen molar-refractivity contribution in [1.82, 2.24) is 14.7 Å². The monoisotopic (exact) mass is 263 g/mol. The van der Waals surface area contributed by atoms with Crippen LogP contribution in [0.2, 0.25) is 0 Å². The summed E-state index contributed by atoms with van der Waals surface area (Å²) in [7, 11) is 2.01. The molecule has 0 aromatic carbocycles. The average Bonchev–Trinajstić information content (AvgIpc) is 2.73. The Morgan fingerprint density at radius 2 is 2.00 bits per heavy atom. The van der Waals surface area contributed by atoms with Crippen LogP contribution in [0, 0.1) is 0 Å². The smallest absolute Gasteiger partial charge is 0.191 e. The molecular weight excluding hydrogens is 238 g/mol. The molecule has 0 saturated heterocycles. The molecule has 1 aromatic rings. The molecule has 0 unspecified atom stereocenters. The van der Waals surface area contributed by atoms with Gasteiger partial charge in [0.05, 0.1) is 17.9 Å². The highest BCUT2D eigenvalue weighted by atomic mass is 15.3. The van der Waals surface area contributed by atoms with E-state index in [1.54, 1.807) is 0 Å². The molecule has 1 heterocycles. The van der Waals surface area contributed by atoms with Gasteiger partial charge in [-0.15, -0.1) is 0 Å². The van der Waals surface area contributed by atoms with Gasteiger partial charge in [-0.3, -0.25) is 4.68 Å². The molecule has 1 aliphatic carbocycles. The fraction of sp³-hybridized carbons (Fsp3) is 0.714. The summed E-state index contributed by atoms with van der Waals surface area (Å²) in [6, 6.07) is 0. The number of hydrogen-bond donors (Lipinski definition) is 1. The molecule has 5 nitrogen and oxygen atoms in total. The molecule has 106 valence electrons. The summed E-state index contributed by atoms with van der Waals surface area (Å²) in [4.78, 5) is 6.61. The Morgan fingerprint density at radius 1 is 1.32 bits per heavy atom. The third kappa shape index (κ3) is 2.91. The highest BCUT2D eigenvalue weighted by Gasteiger charge is 2.18. The summed E-state index contributed by atoms with van der Waals surface area (Å²) in [5.74, 6) is 0.635. The van der Waals surface area contributed by atoms with Crippen molar-refractivity contribution in [3.05, 3.63) is 17.0 Å². The van der Waals surface area contributed by atoms with Crippen molar-refractivity contribution in [3.63, 3.8) is 0 Å². The molecule has 5 heteroatoms. The quantitative estimate of drug-likeness (QED) is 0.661. The number of aryl methyl sites for hydroxylation is 2. The van der Waals surface area contributed by atoms with Gasteiger partial charge in [-0.25, -0.2) is 4.99 Å². The first-order valence-corrected chi connectivity index (χ1v) is 7.25. The second-order valence-electron chi connectivity index (χ2n) is 5.05. The van der Waals surface area contributed by atoms with Gasteiger partial charge in [-0.1, -0.05) is 0 Å². The van der Waals surface area contributed by atoms with Gasteiger partial charge < -0.3 is 10.6 Å². The molecule has 0 fully saturated rings. The van der Waals surface area contributed by atoms with E-state index in [4.69, 9.17) is 5.73 Å². The number of nitrogens with two attached hydrogens (primary N) is 1. The molecule has 19 heavy (non-hydrogen) atoms. The molecule has 0 radical (unpaired) electrons.